The van der Waals surface area contributed by atoms with E-state index in [0.717, 1.165) is 24.9 Å². The van der Waals surface area contributed by atoms with E-state index in [9.17, 15) is 4.39 Å². The van der Waals surface area contributed by atoms with Crippen molar-refractivity contribution in [2.24, 2.45) is 0 Å². The Labute approximate surface area is 121 Å². The van der Waals surface area contributed by atoms with Crippen LogP contribution in [0, 0.1) is 12.7 Å². The molecule has 1 aromatic rings. The molecule has 0 amide bonds. The molecule has 0 heterocycles. The molecule has 0 bridgehead atoms. The Kier molecular flexibility index (Phi) is 5.17. The summed E-state index contributed by atoms with van der Waals surface area (Å²) in [6.07, 6.45) is 4.48. The van der Waals surface area contributed by atoms with Crippen LogP contribution in [0.2, 0.25) is 0 Å². The number of likely N-dealkylation sites (N-methyl/N-ethyl adjacent to an activating group) is 1. The van der Waals surface area contributed by atoms with Gasteiger partial charge in [0.25, 0.3) is 0 Å². The van der Waals surface area contributed by atoms with Gasteiger partial charge in [-0.05, 0) is 50.4 Å². The monoisotopic (exact) mass is 279 g/mol. The molecule has 2 rings (SSSR count). The summed E-state index contributed by atoms with van der Waals surface area (Å²) in [6.45, 7) is 7.49. The van der Waals surface area contributed by atoms with Crippen LogP contribution in [0.15, 0.2) is 18.2 Å². The van der Waals surface area contributed by atoms with Crippen molar-refractivity contribution in [1.82, 2.24) is 5.32 Å². The summed E-state index contributed by atoms with van der Waals surface area (Å²) >= 11 is 0. The third-order valence-electron chi connectivity index (χ3n) is 4.35. The minimum atomic E-state index is -0.174. The normalized spacial score (nSPS) is 19.2. The van der Waals surface area contributed by atoms with Crippen molar-refractivity contribution in [2.45, 2.75) is 58.1 Å². The SMILES string of the molecule is CCNC(c1ccc(C)c(F)c1)C1(OCC)CCCC1. The molecular weight excluding hydrogens is 253 g/mol. The van der Waals surface area contributed by atoms with Crippen molar-refractivity contribution < 1.29 is 9.13 Å². The van der Waals surface area contributed by atoms with Crippen molar-refractivity contribution in [3.8, 4) is 0 Å². The molecule has 0 saturated heterocycles. The molecule has 112 valence electrons. The van der Waals surface area contributed by atoms with Crippen molar-refractivity contribution in [2.75, 3.05) is 13.2 Å². The van der Waals surface area contributed by atoms with E-state index in [2.05, 4.69) is 12.2 Å². The van der Waals surface area contributed by atoms with Crippen LogP contribution in [-0.4, -0.2) is 18.8 Å². The molecular formula is C17H26FNO. The van der Waals surface area contributed by atoms with Gasteiger partial charge in [-0.2, -0.15) is 0 Å². The van der Waals surface area contributed by atoms with E-state index in [0.29, 0.717) is 12.2 Å². The fourth-order valence-electron chi connectivity index (χ4n) is 3.38. The van der Waals surface area contributed by atoms with Gasteiger partial charge in [0.2, 0.25) is 0 Å². The van der Waals surface area contributed by atoms with E-state index in [-0.39, 0.29) is 17.5 Å². The van der Waals surface area contributed by atoms with Crippen LogP contribution in [0.1, 0.15) is 56.7 Å². The number of halogens is 1. The second kappa shape index (κ2) is 6.68. The number of benzene rings is 1. The Bertz CT molecular complexity index is 441. The van der Waals surface area contributed by atoms with E-state index >= 15 is 0 Å². The molecule has 1 aliphatic rings. The van der Waals surface area contributed by atoms with Gasteiger partial charge >= 0.3 is 0 Å². The van der Waals surface area contributed by atoms with Gasteiger partial charge in [-0.25, -0.2) is 4.39 Å². The van der Waals surface area contributed by atoms with Crippen molar-refractivity contribution in [3.63, 3.8) is 0 Å². The standard InChI is InChI=1S/C17H26FNO/c1-4-19-16(14-9-8-13(3)15(18)12-14)17(20-5-2)10-6-7-11-17/h8-9,12,16,19H,4-7,10-11H2,1-3H3. The Balaban J connectivity index is 2.35. The van der Waals surface area contributed by atoms with Crippen molar-refractivity contribution >= 4 is 0 Å². The Morgan fingerprint density at radius 3 is 2.55 bits per heavy atom. The van der Waals surface area contributed by atoms with E-state index in [1.54, 1.807) is 13.0 Å². The third-order valence-corrected chi connectivity index (χ3v) is 4.35. The minimum Gasteiger partial charge on any atom is -0.373 e. The van der Waals surface area contributed by atoms with Crippen LogP contribution in [0.5, 0.6) is 0 Å². The van der Waals surface area contributed by atoms with E-state index in [1.165, 1.54) is 12.8 Å². The zero-order valence-corrected chi connectivity index (χ0v) is 12.8. The molecule has 0 aromatic heterocycles. The summed E-state index contributed by atoms with van der Waals surface area (Å²) in [5.74, 6) is -0.130. The summed E-state index contributed by atoms with van der Waals surface area (Å²) in [5.41, 5.74) is 1.53. The predicted molar refractivity (Wildman–Crippen MR) is 80.4 cm³/mol. The topological polar surface area (TPSA) is 21.3 Å². The highest BCUT2D eigenvalue weighted by Crippen LogP contribution is 2.43. The molecule has 1 unspecified atom stereocenters. The lowest BCUT2D eigenvalue weighted by Crippen LogP contribution is -2.44. The second-order valence-electron chi connectivity index (χ2n) is 5.70. The van der Waals surface area contributed by atoms with Crippen molar-refractivity contribution in [3.05, 3.63) is 35.1 Å². The van der Waals surface area contributed by atoms with Gasteiger partial charge in [0.15, 0.2) is 0 Å². The Hall–Kier alpha value is -0.930. The maximum atomic E-state index is 13.9. The highest BCUT2D eigenvalue weighted by molar-refractivity contribution is 5.28. The molecule has 2 nitrogen and oxygen atoms in total. The number of hydrogen-bond donors (Lipinski definition) is 1. The lowest BCUT2D eigenvalue weighted by molar-refractivity contribution is -0.0623. The summed E-state index contributed by atoms with van der Waals surface area (Å²) in [4.78, 5) is 0. The van der Waals surface area contributed by atoms with Crippen LogP contribution in [0.3, 0.4) is 0 Å². The number of ether oxygens (including phenoxy) is 1. The van der Waals surface area contributed by atoms with Crippen LogP contribution in [-0.2, 0) is 4.74 Å². The largest absolute Gasteiger partial charge is 0.373 e. The molecule has 1 aliphatic carbocycles. The lowest BCUT2D eigenvalue weighted by atomic mass is 9.86. The average Bonchev–Trinajstić information content (AvgIpc) is 2.89. The molecule has 1 aromatic carbocycles. The smallest absolute Gasteiger partial charge is 0.126 e. The second-order valence-corrected chi connectivity index (χ2v) is 5.70. The first kappa shape index (κ1) is 15.5. The molecule has 0 aliphatic heterocycles. The first-order valence-electron chi connectivity index (χ1n) is 7.76. The Morgan fingerprint density at radius 2 is 2.00 bits per heavy atom. The van der Waals surface area contributed by atoms with Crippen LogP contribution in [0.4, 0.5) is 4.39 Å². The van der Waals surface area contributed by atoms with Gasteiger partial charge in [-0.3, -0.25) is 0 Å². The number of rotatable bonds is 6. The number of hydrogen-bond acceptors (Lipinski definition) is 2. The van der Waals surface area contributed by atoms with E-state index in [4.69, 9.17) is 4.74 Å². The van der Waals surface area contributed by atoms with E-state index in [1.807, 2.05) is 19.1 Å². The summed E-state index contributed by atoms with van der Waals surface area (Å²) in [5, 5.41) is 3.52. The predicted octanol–water partition coefficient (Wildman–Crippen LogP) is 4.13. The zero-order chi connectivity index (χ0) is 14.6. The number of nitrogens with one attached hydrogen (secondary N) is 1. The molecule has 20 heavy (non-hydrogen) atoms. The van der Waals surface area contributed by atoms with Gasteiger partial charge < -0.3 is 10.1 Å². The van der Waals surface area contributed by atoms with Crippen molar-refractivity contribution in [1.29, 1.82) is 0 Å². The molecule has 1 fully saturated rings. The molecule has 0 spiro atoms. The molecule has 1 N–H and O–H groups in total. The zero-order valence-electron chi connectivity index (χ0n) is 12.8. The van der Waals surface area contributed by atoms with Gasteiger partial charge in [0.1, 0.15) is 5.82 Å². The van der Waals surface area contributed by atoms with Crippen LogP contribution < -0.4 is 5.32 Å². The highest BCUT2D eigenvalue weighted by Gasteiger charge is 2.42. The fraction of sp³-hybridized carbons (Fsp3) is 0.647. The van der Waals surface area contributed by atoms with Gasteiger partial charge in [-0.1, -0.05) is 31.9 Å². The molecule has 1 atom stereocenters. The summed E-state index contributed by atoms with van der Waals surface area (Å²) in [6, 6.07) is 5.64. The van der Waals surface area contributed by atoms with E-state index < -0.39 is 0 Å². The maximum absolute atomic E-state index is 13.9. The third kappa shape index (κ3) is 3.04. The van der Waals surface area contributed by atoms with Gasteiger partial charge in [0, 0.05) is 6.61 Å². The van der Waals surface area contributed by atoms with Gasteiger partial charge in [0.05, 0.1) is 11.6 Å². The highest BCUT2D eigenvalue weighted by atomic mass is 19.1. The van der Waals surface area contributed by atoms with Gasteiger partial charge in [-0.15, -0.1) is 0 Å². The summed E-state index contributed by atoms with van der Waals surface area (Å²) < 4.78 is 20.1. The molecule has 1 saturated carbocycles. The maximum Gasteiger partial charge on any atom is 0.126 e. The number of aryl methyl sites for hydroxylation is 1. The summed E-state index contributed by atoms with van der Waals surface area (Å²) in [7, 11) is 0. The Morgan fingerprint density at radius 1 is 1.30 bits per heavy atom. The van der Waals surface area contributed by atoms with Crippen LogP contribution in [0.25, 0.3) is 0 Å². The first-order chi connectivity index (χ1) is 9.63. The fourth-order valence-corrected chi connectivity index (χ4v) is 3.38. The quantitative estimate of drug-likeness (QED) is 0.845. The molecule has 0 radical (unpaired) electrons. The lowest BCUT2D eigenvalue weighted by Gasteiger charge is -2.38. The average molecular weight is 279 g/mol. The first-order valence-corrected chi connectivity index (χ1v) is 7.76. The van der Waals surface area contributed by atoms with Crippen LogP contribution >= 0.6 is 0 Å². The molecule has 3 heteroatoms. The minimum absolute atomic E-state index is 0.0741.